The molecule has 6 rings (SSSR count). The minimum atomic E-state index is -2.66. The summed E-state index contributed by atoms with van der Waals surface area (Å²) in [5, 5.41) is 17.1. The monoisotopic (exact) mass is 703 g/mol. The number of carbonyl (C=O) groups excluding carboxylic acids is 2. The number of ether oxygens (including phenoxy) is 1. The number of aromatic nitrogens is 1. The Hall–Kier alpha value is -3.24. The fraction of sp³-hybridized carbons (Fsp3) is 0.625. The van der Waals surface area contributed by atoms with Crippen LogP contribution in [0.2, 0.25) is 0 Å². The molecule has 48 heavy (non-hydrogen) atoms. The van der Waals surface area contributed by atoms with Crippen molar-refractivity contribution in [2.24, 2.45) is 27.0 Å². The minimum Gasteiger partial charge on any atom is -0.385 e. The molecule has 1 aliphatic carbocycles. The van der Waals surface area contributed by atoms with Gasteiger partial charge in [-0.1, -0.05) is 48.2 Å². The number of hydrogen-bond donors (Lipinski definition) is 4. The van der Waals surface area contributed by atoms with Crippen LogP contribution in [-0.4, -0.2) is 87.4 Å². The number of hydrogen-bond acceptors (Lipinski definition) is 12. The quantitative estimate of drug-likeness (QED) is 0.179. The molecule has 5 heterocycles. The summed E-state index contributed by atoms with van der Waals surface area (Å²) in [7, 11) is 1.71. The van der Waals surface area contributed by atoms with Crippen molar-refractivity contribution < 1.29 is 23.1 Å². The Bertz CT molecular complexity index is 1430. The molecule has 1 saturated carbocycles. The summed E-state index contributed by atoms with van der Waals surface area (Å²) in [6, 6.07) is 3.58. The number of unbranched alkanes of at least 4 members (excludes halogenated alkanes) is 1. The first kappa shape index (κ1) is 34.6. The summed E-state index contributed by atoms with van der Waals surface area (Å²) in [6.07, 6.45) is 13.4. The van der Waals surface area contributed by atoms with E-state index in [0.717, 1.165) is 72.9 Å². The van der Waals surface area contributed by atoms with Gasteiger partial charge in [0.1, 0.15) is 15.9 Å². The van der Waals surface area contributed by atoms with Crippen LogP contribution in [0.15, 0.2) is 45.7 Å². The average molecular weight is 704 g/mol. The Morgan fingerprint density at radius 1 is 1.04 bits per heavy atom. The molecule has 2 amide bonds. The maximum atomic E-state index is 13.3. The number of aliphatic imine (C=N–C) groups is 1. The van der Waals surface area contributed by atoms with Crippen molar-refractivity contribution >= 4 is 51.3 Å². The van der Waals surface area contributed by atoms with E-state index < -0.39 is 5.92 Å². The van der Waals surface area contributed by atoms with E-state index in [2.05, 4.69) is 41.7 Å². The van der Waals surface area contributed by atoms with Crippen LogP contribution in [0.1, 0.15) is 62.6 Å². The fourth-order valence-corrected chi connectivity index (χ4v) is 8.50. The lowest BCUT2D eigenvalue weighted by Gasteiger charge is -2.41. The van der Waals surface area contributed by atoms with Crippen molar-refractivity contribution in [1.29, 1.82) is 0 Å². The first-order chi connectivity index (χ1) is 23.2. The van der Waals surface area contributed by atoms with Crippen LogP contribution in [0.5, 0.6) is 0 Å². The molecule has 0 aromatic carbocycles. The lowest BCUT2D eigenvalue weighted by atomic mass is 9.82. The van der Waals surface area contributed by atoms with Gasteiger partial charge in [0.15, 0.2) is 11.0 Å². The molecule has 0 bridgehead atoms. The van der Waals surface area contributed by atoms with Crippen LogP contribution in [0.4, 0.5) is 8.78 Å². The van der Waals surface area contributed by atoms with E-state index in [1.54, 1.807) is 23.8 Å². The van der Waals surface area contributed by atoms with Gasteiger partial charge < -0.3 is 20.3 Å². The third-order valence-corrected chi connectivity index (χ3v) is 11.1. The van der Waals surface area contributed by atoms with Crippen LogP contribution < -0.4 is 21.5 Å². The highest BCUT2D eigenvalue weighted by Crippen LogP contribution is 2.39. The minimum absolute atomic E-state index is 0.110. The molecule has 5 aliphatic rings. The van der Waals surface area contributed by atoms with Crippen LogP contribution >= 0.6 is 23.5 Å². The van der Waals surface area contributed by atoms with Gasteiger partial charge in [-0.05, 0) is 50.2 Å². The van der Waals surface area contributed by atoms with Gasteiger partial charge in [0.2, 0.25) is 11.8 Å². The van der Waals surface area contributed by atoms with Gasteiger partial charge in [0, 0.05) is 43.9 Å². The van der Waals surface area contributed by atoms with Crippen molar-refractivity contribution in [1.82, 2.24) is 31.4 Å². The van der Waals surface area contributed by atoms with Crippen molar-refractivity contribution in [2.75, 3.05) is 26.8 Å². The van der Waals surface area contributed by atoms with Gasteiger partial charge in [0.05, 0.1) is 32.0 Å². The Labute approximate surface area is 287 Å². The SMILES string of the molecule is COCCCCc1ccc(CC(=O)NC2NN=C(C3CCCC(C4=NNC(NC(=O)CC5C=CCC(N6CC(F)(F)C6)=N5)S4)C3)S2)nc1. The zero-order chi connectivity index (χ0) is 33.5. The third kappa shape index (κ3) is 9.47. The van der Waals surface area contributed by atoms with E-state index in [1.165, 1.54) is 11.8 Å². The van der Waals surface area contributed by atoms with Crippen LogP contribution in [0.25, 0.3) is 0 Å². The summed E-state index contributed by atoms with van der Waals surface area (Å²) < 4.78 is 31.7. The number of dihydropyridines is 1. The number of halogens is 2. The number of nitrogens with zero attached hydrogens (tertiary/aromatic N) is 5. The first-order valence-electron chi connectivity index (χ1n) is 16.6. The number of likely N-dealkylation sites (tertiary alicyclic amines) is 1. The summed E-state index contributed by atoms with van der Waals surface area (Å²) in [5.41, 5.74) is 7.31. The number of rotatable bonds is 13. The normalized spacial score (nSPS) is 27.6. The van der Waals surface area contributed by atoms with Crippen molar-refractivity contribution in [3.8, 4) is 0 Å². The molecule has 0 spiro atoms. The second kappa shape index (κ2) is 16.0. The van der Waals surface area contributed by atoms with E-state index in [-0.39, 0.29) is 66.6 Å². The summed E-state index contributed by atoms with van der Waals surface area (Å²) in [6.45, 7) is 0.134. The lowest BCUT2D eigenvalue weighted by Crippen LogP contribution is -2.58. The molecule has 12 nitrogen and oxygen atoms in total. The molecule has 1 saturated heterocycles. The number of amides is 2. The molecule has 4 N–H and O–H groups in total. The van der Waals surface area contributed by atoms with Crippen LogP contribution in [0.3, 0.4) is 0 Å². The van der Waals surface area contributed by atoms with Crippen molar-refractivity contribution in [3.63, 3.8) is 0 Å². The van der Waals surface area contributed by atoms with Gasteiger partial charge in [-0.25, -0.2) is 8.78 Å². The molecule has 260 valence electrons. The predicted molar refractivity (Wildman–Crippen MR) is 185 cm³/mol. The van der Waals surface area contributed by atoms with E-state index >= 15 is 0 Å². The second-order valence-electron chi connectivity index (χ2n) is 12.8. The number of nitrogens with one attached hydrogen (secondary N) is 4. The zero-order valence-electron chi connectivity index (χ0n) is 27.0. The zero-order valence-corrected chi connectivity index (χ0v) is 28.6. The number of alkyl halides is 2. The van der Waals surface area contributed by atoms with Gasteiger partial charge in [-0.2, -0.15) is 10.2 Å². The van der Waals surface area contributed by atoms with E-state index in [0.29, 0.717) is 12.3 Å². The highest BCUT2D eigenvalue weighted by atomic mass is 32.2. The standard InChI is InChI=1S/C32H43F2N9O3S2/c1-46-13-3-2-6-20-11-12-23(35-17-20)15-26(44)37-30-41-39-28(47-30)21-7-4-8-22(14-21)29-40-42-31(48-29)38-27(45)16-24-9-5-10-25(36-24)43-18-32(33,34)19-43/h5,9,11-12,17,21-22,24,30-31,41-42H,2-4,6-8,10,13-16,18-19H2,1H3,(H,37,44)(H,38,45). The van der Waals surface area contributed by atoms with Gasteiger partial charge >= 0.3 is 0 Å². The Morgan fingerprint density at radius 3 is 2.40 bits per heavy atom. The van der Waals surface area contributed by atoms with Crippen molar-refractivity contribution in [3.05, 3.63) is 41.7 Å². The summed E-state index contributed by atoms with van der Waals surface area (Å²) in [5.74, 6) is -1.82. The van der Waals surface area contributed by atoms with Gasteiger partial charge in [-0.15, -0.1) is 0 Å². The molecule has 16 heteroatoms. The van der Waals surface area contributed by atoms with E-state index in [1.807, 2.05) is 30.5 Å². The molecule has 5 unspecified atom stereocenters. The summed E-state index contributed by atoms with van der Waals surface area (Å²) in [4.78, 5) is 36.1. The molecule has 1 aromatic rings. The Morgan fingerprint density at radius 2 is 1.75 bits per heavy atom. The Balaban J connectivity index is 0.895. The number of hydrazone groups is 2. The average Bonchev–Trinajstić information content (AvgIpc) is 3.73. The fourth-order valence-electron chi connectivity index (χ4n) is 6.41. The van der Waals surface area contributed by atoms with Gasteiger partial charge in [0.25, 0.3) is 5.92 Å². The maximum Gasteiger partial charge on any atom is 0.282 e. The highest BCUT2D eigenvalue weighted by Gasteiger charge is 2.45. The van der Waals surface area contributed by atoms with Crippen LogP contribution in [-0.2, 0) is 27.2 Å². The number of amidine groups is 1. The number of aryl methyl sites for hydroxylation is 1. The van der Waals surface area contributed by atoms with Crippen molar-refractivity contribution in [2.45, 2.75) is 87.2 Å². The van der Waals surface area contributed by atoms with E-state index in [4.69, 9.17) is 4.74 Å². The van der Waals surface area contributed by atoms with E-state index in [9.17, 15) is 18.4 Å². The number of thioether (sulfide) groups is 2. The molecule has 2 fully saturated rings. The summed E-state index contributed by atoms with van der Waals surface area (Å²) >= 11 is 3.07. The van der Waals surface area contributed by atoms with Crippen LogP contribution in [0, 0.1) is 11.8 Å². The number of carbonyl (C=O) groups is 2. The Kier molecular flexibility index (Phi) is 11.5. The predicted octanol–water partition coefficient (Wildman–Crippen LogP) is 3.57. The lowest BCUT2D eigenvalue weighted by molar-refractivity contribution is -0.122. The second-order valence-corrected chi connectivity index (χ2v) is 15.0. The molecule has 4 aliphatic heterocycles. The van der Waals surface area contributed by atoms with Gasteiger partial charge in [-0.3, -0.25) is 30.4 Å². The first-order valence-corrected chi connectivity index (χ1v) is 18.4. The topological polar surface area (TPSA) is 145 Å². The molecular weight excluding hydrogens is 661 g/mol. The highest BCUT2D eigenvalue weighted by molar-refractivity contribution is 8.15. The maximum absolute atomic E-state index is 13.3. The number of pyridine rings is 1. The number of methoxy groups -OCH3 is 1. The molecular formula is C32H43F2N9O3S2. The smallest absolute Gasteiger partial charge is 0.282 e. The molecule has 0 radical (unpaired) electrons. The third-order valence-electron chi connectivity index (χ3n) is 8.89. The largest absolute Gasteiger partial charge is 0.385 e. The molecule has 1 aromatic heterocycles. The molecule has 5 atom stereocenters.